The summed E-state index contributed by atoms with van der Waals surface area (Å²) < 4.78 is 0. The van der Waals surface area contributed by atoms with Crippen molar-refractivity contribution in [2.75, 3.05) is 0 Å². The second-order valence-corrected chi connectivity index (χ2v) is 4.27. The second kappa shape index (κ2) is 3.42. The van der Waals surface area contributed by atoms with Crippen molar-refractivity contribution < 1.29 is 0 Å². The van der Waals surface area contributed by atoms with Gasteiger partial charge in [-0.15, -0.1) is 0 Å². The summed E-state index contributed by atoms with van der Waals surface area (Å²) in [6.07, 6.45) is 4.22. The van der Waals surface area contributed by atoms with Crippen LogP contribution in [0, 0.1) is 11.8 Å². The van der Waals surface area contributed by atoms with Gasteiger partial charge in [0.2, 0.25) is 0 Å². The molecule has 0 bridgehead atoms. The molecule has 0 heteroatoms. The molecule has 0 N–H and O–H groups in total. The van der Waals surface area contributed by atoms with Gasteiger partial charge in [0.1, 0.15) is 0 Å². The van der Waals surface area contributed by atoms with E-state index in [0.29, 0.717) is 0 Å². The van der Waals surface area contributed by atoms with Gasteiger partial charge in [-0.25, -0.2) is 0 Å². The van der Waals surface area contributed by atoms with Gasteiger partial charge < -0.3 is 0 Å². The summed E-state index contributed by atoms with van der Waals surface area (Å²) in [6, 6.07) is 0. The molecule has 0 radical (unpaired) electrons. The Morgan fingerprint density at radius 2 is 2.00 bits per heavy atom. The first-order valence-corrected chi connectivity index (χ1v) is 4.79. The lowest BCUT2D eigenvalue weighted by Crippen LogP contribution is -2.06. The Kier molecular flexibility index (Phi) is 2.75. The third-order valence-corrected chi connectivity index (χ3v) is 2.86. The van der Waals surface area contributed by atoms with Gasteiger partial charge in [-0.2, -0.15) is 0 Å². The van der Waals surface area contributed by atoms with Gasteiger partial charge >= 0.3 is 0 Å². The van der Waals surface area contributed by atoms with Crippen LogP contribution in [-0.2, 0) is 0 Å². The second-order valence-electron chi connectivity index (χ2n) is 4.27. The summed E-state index contributed by atoms with van der Waals surface area (Å²) >= 11 is 0. The Hall–Kier alpha value is -0.260. The number of hydrogen-bond acceptors (Lipinski definition) is 0. The summed E-state index contributed by atoms with van der Waals surface area (Å²) in [5, 5.41) is 0. The topological polar surface area (TPSA) is 0 Å². The Labute approximate surface area is 70.7 Å². The molecule has 1 aliphatic rings. The predicted octanol–water partition coefficient (Wildman–Crippen LogP) is 3.78. The van der Waals surface area contributed by atoms with Crippen molar-refractivity contribution in [1.82, 2.24) is 0 Å². The predicted molar refractivity (Wildman–Crippen MR) is 50.6 cm³/mol. The van der Waals surface area contributed by atoms with E-state index in [1.54, 1.807) is 11.1 Å². The summed E-state index contributed by atoms with van der Waals surface area (Å²) in [7, 11) is 0. The average Bonchev–Trinajstić information content (AvgIpc) is 2.32. The molecule has 0 aromatic heterocycles. The van der Waals surface area contributed by atoms with E-state index in [-0.39, 0.29) is 0 Å². The number of rotatable bonds is 1. The quantitative estimate of drug-likeness (QED) is 0.502. The van der Waals surface area contributed by atoms with Crippen LogP contribution in [0.5, 0.6) is 0 Å². The van der Waals surface area contributed by atoms with Crippen molar-refractivity contribution in [3.63, 3.8) is 0 Å². The summed E-state index contributed by atoms with van der Waals surface area (Å²) in [4.78, 5) is 0. The minimum absolute atomic E-state index is 0.849. The first-order valence-electron chi connectivity index (χ1n) is 4.79. The molecular formula is C11H20. The van der Waals surface area contributed by atoms with Gasteiger partial charge in [0.25, 0.3) is 0 Å². The summed E-state index contributed by atoms with van der Waals surface area (Å²) in [6.45, 7) is 9.21. The molecule has 0 unspecified atom stereocenters. The van der Waals surface area contributed by atoms with Crippen molar-refractivity contribution in [3.05, 3.63) is 11.1 Å². The molecule has 1 aliphatic carbocycles. The maximum atomic E-state index is 2.35. The molecule has 0 aliphatic heterocycles. The van der Waals surface area contributed by atoms with E-state index in [1.807, 2.05) is 0 Å². The van der Waals surface area contributed by atoms with Crippen LogP contribution in [0.25, 0.3) is 0 Å². The van der Waals surface area contributed by atoms with E-state index in [9.17, 15) is 0 Å². The Morgan fingerprint density at radius 1 is 1.36 bits per heavy atom. The average molecular weight is 152 g/mol. The summed E-state index contributed by atoms with van der Waals surface area (Å²) in [5.74, 6) is 1.75. The highest BCUT2D eigenvalue weighted by Crippen LogP contribution is 2.37. The summed E-state index contributed by atoms with van der Waals surface area (Å²) in [5.41, 5.74) is 3.32. The zero-order valence-corrected chi connectivity index (χ0v) is 8.28. The van der Waals surface area contributed by atoms with Crippen molar-refractivity contribution in [3.8, 4) is 0 Å². The monoisotopic (exact) mass is 152 g/mol. The molecule has 0 amide bonds. The normalized spacial score (nSPS) is 24.8. The smallest absolute Gasteiger partial charge is 0.0178 e. The van der Waals surface area contributed by atoms with E-state index in [4.69, 9.17) is 0 Å². The minimum Gasteiger partial charge on any atom is -0.0769 e. The number of allylic oxidation sites excluding steroid dienone is 2. The maximum Gasteiger partial charge on any atom is -0.0178 e. The lowest BCUT2D eigenvalue weighted by atomic mass is 9.88. The first kappa shape index (κ1) is 8.83. The van der Waals surface area contributed by atoms with Gasteiger partial charge in [0.05, 0.1) is 0 Å². The third-order valence-electron chi connectivity index (χ3n) is 2.86. The molecule has 0 aromatic carbocycles. The molecule has 0 heterocycles. The van der Waals surface area contributed by atoms with Crippen LogP contribution in [0.3, 0.4) is 0 Å². The molecule has 1 rings (SSSR count). The molecule has 1 saturated carbocycles. The first-order chi connectivity index (χ1) is 5.13. The molecule has 1 atom stereocenters. The van der Waals surface area contributed by atoms with E-state index in [2.05, 4.69) is 27.7 Å². The van der Waals surface area contributed by atoms with Gasteiger partial charge in [-0.05, 0) is 44.9 Å². The van der Waals surface area contributed by atoms with Crippen LogP contribution in [0.1, 0.15) is 47.0 Å². The van der Waals surface area contributed by atoms with Crippen LogP contribution in [-0.4, -0.2) is 0 Å². The molecule has 1 fully saturated rings. The van der Waals surface area contributed by atoms with Gasteiger partial charge in [0.15, 0.2) is 0 Å². The molecule has 64 valence electrons. The van der Waals surface area contributed by atoms with Gasteiger partial charge in [0, 0.05) is 0 Å². The standard InChI is InChI=1S/C11H20/c1-8(2)10-6-5-7-11(10)9(3)4/h8,10H,5-7H2,1-4H3/t10-/m0/s1. The van der Waals surface area contributed by atoms with E-state index in [1.165, 1.54) is 19.3 Å². The van der Waals surface area contributed by atoms with Crippen LogP contribution in [0.2, 0.25) is 0 Å². The number of hydrogen-bond donors (Lipinski definition) is 0. The highest BCUT2D eigenvalue weighted by molar-refractivity contribution is 5.17. The van der Waals surface area contributed by atoms with E-state index >= 15 is 0 Å². The van der Waals surface area contributed by atoms with Crippen LogP contribution < -0.4 is 0 Å². The van der Waals surface area contributed by atoms with Gasteiger partial charge in [-0.1, -0.05) is 25.0 Å². The zero-order chi connectivity index (χ0) is 8.43. The van der Waals surface area contributed by atoms with Crippen LogP contribution >= 0.6 is 0 Å². The lowest BCUT2D eigenvalue weighted by Gasteiger charge is -2.17. The molecule has 11 heavy (non-hydrogen) atoms. The zero-order valence-electron chi connectivity index (χ0n) is 8.28. The lowest BCUT2D eigenvalue weighted by molar-refractivity contribution is 0.450. The molecule has 0 spiro atoms. The van der Waals surface area contributed by atoms with Crippen molar-refractivity contribution >= 4 is 0 Å². The molecule has 0 saturated heterocycles. The van der Waals surface area contributed by atoms with Gasteiger partial charge in [-0.3, -0.25) is 0 Å². The molecule has 0 nitrogen and oxygen atoms in total. The van der Waals surface area contributed by atoms with E-state index < -0.39 is 0 Å². The fourth-order valence-corrected chi connectivity index (χ4v) is 2.23. The van der Waals surface area contributed by atoms with Crippen molar-refractivity contribution in [1.29, 1.82) is 0 Å². The van der Waals surface area contributed by atoms with Crippen LogP contribution in [0.15, 0.2) is 11.1 Å². The highest BCUT2D eigenvalue weighted by Gasteiger charge is 2.23. The minimum atomic E-state index is 0.849. The third kappa shape index (κ3) is 1.85. The Balaban J connectivity index is 2.74. The Bertz CT molecular complexity index is 159. The maximum absolute atomic E-state index is 2.35. The SMILES string of the molecule is CC(C)=C1CCC[C@H]1C(C)C. The largest absolute Gasteiger partial charge is 0.0769 e. The van der Waals surface area contributed by atoms with Crippen molar-refractivity contribution in [2.24, 2.45) is 11.8 Å². The molecule has 0 aromatic rings. The Morgan fingerprint density at radius 3 is 2.36 bits per heavy atom. The fourth-order valence-electron chi connectivity index (χ4n) is 2.23. The highest BCUT2D eigenvalue weighted by atomic mass is 14.3. The molecular weight excluding hydrogens is 132 g/mol. The fraction of sp³-hybridized carbons (Fsp3) is 0.818. The van der Waals surface area contributed by atoms with Crippen LogP contribution in [0.4, 0.5) is 0 Å². The van der Waals surface area contributed by atoms with Crippen molar-refractivity contribution in [2.45, 2.75) is 47.0 Å². The van der Waals surface area contributed by atoms with E-state index in [0.717, 1.165) is 11.8 Å².